The van der Waals surface area contributed by atoms with Crippen LogP contribution in [0.5, 0.6) is 5.75 Å². The van der Waals surface area contributed by atoms with Crippen LogP contribution in [0.25, 0.3) is 0 Å². The van der Waals surface area contributed by atoms with Gasteiger partial charge in [-0.2, -0.15) is 0 Å². The van der Waals surface area contributed by atoms with E-state index in [2.05, 4.69) is 5.32 Å². The first-order valence-corrected chi connectivity index (χ1v) is 10.0. The molecule has 0 spiro atoms. The molecule has 0 bridgehead atoms. The van der Waals surface area contributed by atoms with Gasteiger partial charge in [0.05, 0.1) is 18.6 Å². The zero-order valence-electron chi connectivity index (χ0n) is 16.8. The number of urea groups is 1. The second-order valence-corrected chi connectivity index (χ2v) is 7.04. The molecule has 0 aliphatic carbocycles. The van der Waals surface area contributed by atoms with Gasteiger partial charge in [-0.3, -0.25) is 0 Å². The molecule has 1 N–H and O–H groups in total. The highest BCUT2D eigenvalue weighted by Crippen LogP contribution is 2.34. The number of carbonyl (C=O) groups is 1. The van der Waals surface area contributed by atoms with E-state index in [1.165, 1.54) is 0 Å². The van der Waals surface area contributed by atoms with Gasteiger partial charge in [-0.05, 0) is 50.2 Å². The number of amides is 2. The molecule has 0 radical (unpaired) electrons. The summed E-state index contributed by atoms with van der Waals surface area (Å²) in [6, 6.07) is 15.4. The van der Waals surface area contributed by atoms with E-state index in [4.69, 9.17) is 14.2 Å². The van der Waals surface area contributed by atoms with Crippen molar-refractivity contribution in [2.24, 2.45) is 0 Å². The van der Waals surface area contributed by atoms with Crippen molar-refractivity contribution in [1.82, 2.24) is 4.90 Å². The highest BCUT2D eigenvalue weighted by Gasteiger charge is 2.16. The Hall–Kier alpha value is -2.22. The van der Waals surface area contributed by atoms with Gasteiger partial charge in [0.2, 0.25) is 0 Å². The van der Waals surface area contributed by atoms with Crippen LogP contribution in [0.3, 0.4) is 0 Å². The van der Waals surface area contributed by atoms with Crippen LogP contribution >= 0.6 is 11.8 Å². The maximum Gasteiger partial charge on any atom is 0.321 e. The maximum atomic E-state index is 12.4. The van der Waals surface area contributed by atoms with Gasteiger partial charge >= 0.3 is 6.03 Å². The molecular formula is C21H28N2O4S. The Morgan fingerprint density at radius 1 is 1.07 bits per heavy atom. The van der Waals surface area contributed by atoms with Crippen molar-refractivity contribution in [2.75, 3.05) is 39.2 Å². The second-order valence-electron chi connectivity index (χ2n) is 5.93. The first-order chi connectivity index (χ1) is 13.6. The molecule has 6 nitrogen and oxygen atoms in total. The van der Waals surface area contributed by atoms with E-state index in [1.54, 1.807) is 30.8 Å². The summed E-state index contributed by atoms with van der Waals surface area (Å²) in [6.45, 7) is 5.22. The van der Waals surface area contributed by atoms with Crippen LogP contribution in [0.2, 0.25) is 0 Å². The van der Waals surface area contributed by atoms with E-state index in [0.29, 0.717) is 19.8 Å². The zero-order valence-corrected chi connectivity index (χ0v) is 17.6. The summed E-state index contributed by atoms with van der Waals surface area (Å²) >= 11 is 1.61. The maximum absolute atomic E-state index is 12.4. The van der Waals surface area contributed by atoms with Gasteiger partial charge in [0.1, 0.15) is 5.75 Å². The molecule has 7 heteroatoms. The standard InChI is InChI=1S/C21H28N2O4S/c1-5-26-20(27-6-2)15-23(3)21(24)22-16-11-13-17(14-12-16)28-19-10-8-7-9-18(19)25-4/h7-14,20H,5-6,15H2,1-4H3,(H,22,24). The molecular weight excluding hydrogens is 376 g/mol. The molecule has 0 aromatic heterocycles. The number of ether oxygens (including phenoxy) is 3. The van der Waals surface area contributed by atoms with Crippen molar-refractivity contribution in [1.29, 1.82) is 0 Å². The third kappa shape index (κ3) is 6.74. The molecule has 0 unspecified atom stereocenters. The molecule has 0 aliphatic heterocycles. The van der Waals surface area contributed by atoms with Crippen molar-refractivity contribution < 1.29 is 19.0 Å². The fourth-order valence-electron chi connectivity index (χ4n) is 2.49. The Labute approximate surface area is 171 Å². The van der Waals surface area contributed by atoms with Gasteiger partial charge in [-0.1, -0.05) is 23.9 Å². The Bertz CT molecular complexity index is 733. The third-order valence-corrected chi connectivity index (χ3v) is 4.94. The summed E-state index contributed by atoms with van der Waals surface area (Å²) in [7, 11) is 3.38. The molecule has 2 aromatic carbocycles. The largest absolute Gasteiger partial charge is 0.496 e. The number of hydrogen-bond acceptors (Lipinski definition) is 5. The summed E-state index contributed by atoms with van der Waals surface area (Å²) < 4.78 is 16.4. The second kappa shape index (κ2) is 11.6. The lowest BCUT2D eigenvalue weighted by molar-refractivity contribution is -0.141. The first kappa shape index (κ1) is 22.1. The van der Waals surface area contributed by atoms with Crippen LogP contribution in [0.1, 0.15) is 13.8 Å². The molecule has 0 aliphatic rings. The van der Waals surface area contributed by atoms with Crippen LogP contribution in [-0.4, -0.2) is 51.1 Å². The fraction of sp³-hybridized carbons (Fsp3) is 0.381. The van der Waals surface area contributed by atoms with Gasteiger partial charge < -0.3 is 24.4 Å². The average molecular weight is 405 g/mol. The number of nitrogens with zero attached hydrogens (tertiary/aromatic N) is 1. The predicted octanol–water partition coefficient (Wildman–Crippen LogP) is 4.71. The Morgan fingerprint density at radius 3 is 2.32 bits per heavy atom. The number of anilines is 1. The van der Waals surface area contributed by atoms with Crippen LogP contribution in [0.15, 0.2) is 58.3 Å². The van der Waals surface area contributed by atoms with Gasteiger partial charge in [0.25, 0.3) is 0 Å². The van der Waals surface area contributed by atoms with E-state index >= 15 is 0 Å². The predicted molar refractivity (Wildman–Crippen MR) is 112 cm³/mol. The minimum absolute atomic E-state index is 0.213. The summed E-state index contributed by atoms with van der Waals surface area (Å²) in [5, 5.41) is 2.89. The number of benzene rings is 2. The van der Waals surface area contributed by atoms with Crippen molar-refractivity contribution in [2.45, 2.75) is 29.9 Å². The van der Waals surface area contributed by atoms with E-state index in [0.717, 1.165) is 21.2 Å². The average Bonchev–Trinajstić information content (AvgIpc) is 2.70. The van der Waals surface area contributed by atoms with Crippen molar-refractivity contribution in [3.8, 4) is 5.75 Å². The molecule has 0 saturated heterocycles. The minimum atomic E-state index is -0.426. The molecule has 0 atom stereocenters. The minimum Gasteiger partial charge on any atom is -0.496 e. The summed E-state index contributed by atoms with van der Waals surface area (Å²) in [5.74, 6) is 0.838. The van der Waals surface area contributed by atoms with Crippen molar-refractivity contribution in [3.63, 3.8) is 0 Å². The van der Waals surface area contributed by atoms with E-state index in [-0.39, 0.29) is 6.03 Å². The molecule has 0 heterocycles. The lowest BCUT2D eigenvalue weighted by atomic mass is 10.3. The van der Waals surface area contributed by atoms with Crippen LogP contribution in [-0.2, 0) is 9.47 Å². The molecule has 2 amide bonds. The third-order valence-electron chi connectivity index (χ3n) is 3.88. The Balaban J connectivity index is 1.93. The molecule has 0 saturated carbocycles. The lowest BCUT2D eigenvalue weighted by Gasteiger charge is -2.24. The molecule has 2 aromatic rings. The van der Waals surface area contributed by atoms with E-state index in [1.807, 2.05) is 62.4 Å². The summed E-state index contributed by atoms with van der Waals surface area (Å²) in [6.07, 6.45) is -0.426. The zero-order chi connectivity index (χ0) is 20.4. The highest BCUT2D eigenvalue weighted by molar-refractivity contribution is 7.99. The van der Waals surface area contributed by atoms with Crippen molar-refractivity contribution >= 4 is 23.5 Å². The SMILES string of the molecule is CCOC(CN(C)C(=O)Nc1ccc(Sc2ccccc2OC)cc1)OCC. The highest BCUT2D eigenvalue weighted by atomic mass is 32.2. The number of para-hydroxylation sites is 1. The van der Waals surface area contributed by atoms with Crippen LogP contribution in [0, 0.1) is 0 Å². The van der Waals surface area contributed by atoms with Crippen LogP contribution in [0.4, 0.5) is 10.5 Å². The molecule has 152 valence electrons. The number of rotatable bonds is 10. The van der Waals surface area contributed by atoms with Gasteiger partial charge in [0, 0.05) is 30.8 Å². The molecule has 2 rings (SSSR count). The van der Waals surface area contributed by atoms with E-state index in [9.17, 15) is 4.79 Å². The number of nitrogens with one attached hydrogen (secondary N) is 1. The Morgan fingerprint density at radius 2 is 1.71 bits per heavy atom. The van der Waals surface area contributed by atoms with E-state index < -0.39 is 6.29 Å². The number of methoxy groups -OCH3 is 1. The fourth-order valence-corrected chi connectivity index (χ4v) is 3.41. The topological polar surface area (TPSA) is 60.0 Å². The quantitative estimate of drug-likeness (QED) is 0.581. The number of likely N-dealkylation sites (N-methyl/N-ethyl adjacent to an activating group) is 1. The lowest BCUT2D eigenvalue weighted by Crippen LogP contribution is -2.39. The smallest absolute Gasteiger partial charge is 0.321 e. The monoisotopic (exact) mass is 404 g/mol. The molecule has 0 fully saturated rings. The number of carbonyl (C=O) groups excluding carboxylic acids is 1. The molecule has 28 heavy (non-hydrogen) atoms. The first-order valence-electron chi connectivity index (χ1n) is 9.23. The normalized spacial score (nSPS) is 10.8. The van der Waals surface area contributed by atoms with Gasteiger partial charge in [0.15, 0.2) is 6.29 Å². The number of hydrogen-bond donors (Lipinski definition) is 1. The summed E-state index contributed by atoms with van der Waals surface area (Å²) in [5.41, 5.74) is 0.727. The van der Waals surface area contributed by atoms with Gasteiger partial charge in [-0.25, -0.2) is 4.79 Å². The van der Waals surface area contributed by atoms with Gasteiger partial charge in [-0.15, -0.1) is 0 Å². The van der Waals surface area contributed by atoms with Crippen LogP contribution < -0.4 is 10.1 Å². The van der Waals surface area contributed by atoms with Crippen molar-refractivity contribution in [3.05, 3.63) is 48.5 Å². The summed E-state index contributed by atoms with van der Waals surface area (Å²) in [4.78, 5) is 16.0. The Kier molecular flexibility index (Phi) is 9.13.